The highest BCUT2D eigenvalue weighted by atomic mass is 16.5. The molecule has 1 atom stereocenters. The Morgan fingerprint density at radius 2 is 1.92 bits per heavy atom. The van der Waals surface area contributed by atoms with Crippen LogP contribution in [-0.4, -0.2) is 84.4 Å². The van der Waals surface area contributed by atoms with Crippen molar-refractivity contribution in [1.82, 2.24) is 14.7 Å². The molecule has 0 spiro atoms. The molecular weight excluding hydrogens is 318 g/mol. The van der Waals surface area contributed by atoms with Gasteiger partial charge in [0.1, 0.15) is 18.5 Å². The summed E-state index contributed by atoms with van der Waals surface area (Å²) in [6, 6.07) is 8.35. The van der Waals surface area contributed by atoms with Gasteiger partial charge in [0.25, 0.3) is 0 Å². The molecule has 1 N–H and O–H groups in total. The number of benzene rings is 1. The van der Waals surface area contributed by atoms with Gasteiger partial charge in [-0.25, -0.2) is 4.79 Å². The summed E-state index contributed by atoms with van der Waals surface area (Å²) in [5.74, 6) is 0.830. The molecule has 1 aromatic rings. The van der Waals surface area contributed by atoms with Crippen molar-refractivity contribution in [1.29, 1.82) is 0 Å². The number of aliphatic hydroxyl groups is 1. The lowest BCUT2D eigenvalue weighted by Crippen LogP contribution is -2.48. The van der Waals surface area contributed by atoms with Gasteiger partial charge in [0, 0.05) is 45.8 Å². The summed E-state index contributed by atoms with van der Waals surface area (Å²) >= 11 is 0. The lowest BCUT2D eigenvalue weighted by Gasteiger charge is -2.37. The minimum Gasteiger partial charge on any atom is -0.491 e. The molecule has 0 aromatic heterocycles. The molecule has 2 aliphatic heterocycles. The molecule has 6 nitrogen and oxygen atoms in total. The van der Waals surface area contributed by atoms with Crippen LogP contribution >= 0.6 is 0 Å². The Morgan fingerprint density at radius 1 is 1.20 bits per heavy atom. The Bertz CT molecular complexity index is 587. The fraction of sp³-hybridized carbons (Fsp3) is 0.632. The Labute approximate surface area is 150 Å². The third kappa shape index (κ3) is 4.44. The van der Waals surface area contributed by atoms with Crippen LogP contribution in [0.5, 0.6) is 5.75 Å². The maximum absolute atomic E-state index is 12.1. The second kappa shape index (κ2) is 8.06. The summed E-state index contributed by atoms with van der Waals surface area (Å²) in [6.07, 6.45) is 1.45. The zero-order valence-electron chi connectivity index (χ0n) is 15.2. The van der Waals surface area contributed by atoms with E-state index in [1.54, 1.807) is 4.90 Å². The Kier molecular flexibility index (Phi) is 5.81. The molecule has 0 aliphatic carbocycles. The van der Waals surface area contributed by atoms with Gasteiger partial charge in [-0.15, -0.1) is 0 Å². The van der Waals surface area contributed by atoms with Crippen LogP contribution in [0.3, 0.4) is 0 Å². The highest BCUT2D eigenvalue weighted by Gasteiger charge is 2.33. The number of amides is 2. The third-order valence-electron chi connectivity index (χ3n) is 5.24. The number of hydrogen-bond acceptors (Lipinski definition) is 4. The molecule has 0 radical (unpaired) electrons. The molecule has 3 rings (SSSR count). The lowest BCUT2D eigenvalue weighted by atomic mass is 10.0. The number of carbonyl (C=O) groups excluding carboxylic acids is 1. The molecule has 1 aromatic carbocycles. The van der Waals surface area contributed by atoms with Gasteiger partial charge in [-0.05, 0) is 31.4 Å². The van der Waals surface area contributed by atoms with Crippen LogP contribution in [-0.2, 0) is 0 Å². The molecule has 2 fully saturated rings. The molecule has 0 bridgehead atoms. The molecule has 1 unspecified atom stereocenters. The van der Waals surface area contributed by atoms with Crippen molar-refractivity contribution in [2.24, 2.45) is 0 Å². The molecule has 138 valence electrons. The number of likely N-dealkylation sites (N-methyl/N-ethyl adjacent to an activating group) is 1. The van der Waals surface area contributed by atoms with E-state index in [-0.39, 0.29) is 6.03 Å². The van der Waals surface area contributed by atoms with Crippen molar-refractivity contribution in [3.05, 3.63) is 29.8 Å². The van der Waals surface area contributed by atoms with E-state index in [0.29, 0.717) is 19.2 Å². The molecule has 2 saturated heterocycles. The van der Waals surface area contributed by atoms with E-state index in [1.807, 2.05) is 43.1 Å². The number of nitrogens with zero attached hydrogens (tertiary/aromatic N) is 3. The summed E-state index contributed by atoms with van der Waals surface area (Å²) in [5, 5.41) is 10.3. The van der Waals surface area contributed by atoms with Gasteiger partial charge in [-0.1, -0.05) is 18.2 Å². The first-order chi connectivity index (χ1) is 12.0. The van der Waals surface area contributed by atoms with Gasteiger partial charge >= 0.3 is 6.03 Å². The predicted octanol–water partition coefficient (Wildman–Crippen LogP) is 1.57. The molecule has 2 amide bonds. The van der Waals surface area contributed by atoms with Crippen LogP contribution in [0.2, 0.25) is 0 Å². The van der Waals surface area contributed by atoms with Gasteiger partial charge in [0.15, 0.2) is 0 Å². The topological polar surface area (TPSA) is 56.3 Å². The fourth-order valence-electron chi connectivity index (χ4n) is 3.68. The lowest BCUT2D eigenvalue weighted by molar-refractivity contribution is 0.0504. The maximum atomic E-state index is 12.1. The number of urea groups is 1. The molecule has 2 aliphatic rings. The average molecular weight is 347 g/mol. The van der Waals surface area contributed by atoms with E-state index >= 15 is 0 Å². The molecule has 2 heterocycles. The van der Waals surface area contributed by atoms with Gasteiger partial charge in [0.2, 0.25) is 0 Å². The molecule has 25 heavy (non-hydrogen) atoms. The third-order valence-corrected chi connectivity index (χ3v) is 5.24. The van der Waals surface area contributed by atoms with E-state index in [1.165, 1.54) is 0 Å². The molecular formula is C19H29N3O3. The minimum atomic E-state index is -0.504. The van der Waals surface area contributed by atoms with Crippen molar-refractivity contribution in [3.63, 3.8) is 0 Å². The predicted molar refractivity (Wildman–Crippen MR) is 96.9 cm³/mol. The van der Waals surface area contributed by atoms with E-state index in [0.717, 1.165) is 50.3 Å². The summed E-state index contributed by atoms with van der Waals surface area (Å²) in [5.41, 5.74) is 1.08. The van der Waals surface area contributed by atoms with Crippen molar-refractivity contribution in [2.75, 3.05) is 46.4 Å². The monoisotopic (exact) mass is 347 g/mol. The first-order valence-corrected chi connectivity index (χ1v) is 9.15. The maximum Gasteiger partial charge on any atom is 0.320 e. The second-order valence-electron chi connectivity index (χ2n) is 7.16. The van der Waals surface area contributed by atoms with E-state index in [9.17, 15) is 9.90 Å². The van der Waals surface area contributed by atoms with Crippen LogP contribution in [0.1, 0.15) is 18.4 Å². The number of aliphatic hydroxyl groups excluding tert-OH is 1. The first kappa shape index (κ1) is 18.0. The van der Waals surface area contributed by atoms with Gasteiger partial charge in [0.05, 0.1) is 0 Å². The minimum absolute atomic E-state index is 0.158. The number of aryl methyl sites for hydroxylation is 1. The SMILES string of the molecule is Cc1ccccc1OCC(O)CN1CCC(N2CCN(C)C2=O)CC1. The van der Waals surface area contributed by atoms with E-state index in [2.05, 4.69) is 4.90 Å². The molecule has 6 heteroatoms. The van der Waals surface area contributed by atoms with Crippen LogP contribution in [0, 0.1) is 6.92 Å². The summed E-state index contributed by atoms with van der Waals surface area (Å²) < 4.78 is 5.73. The number of carbonyl (C=O) groups is 1. The van der Waals surface area contributed by atoms with Crippen LogP contribution in [0.15, 0.2) is 24.3 Å². The van der Waals surface area contributed by atoms with Crippen molar-refractivity contribution >= 4 is 6.03 Å². The smallest absolute Gasteiger partial charge is 0.320 e. The highest BCUT2D eigenvalue weighted by Crippen LogP contribution is 2.21. The number of hydrogen-bond donors (Lipinski definition) is 1. The normalized spacial score (nSPS) is 21.0. The van der Waals surface area contributed by atoms with Crippen LogP contribution in [0.4, 0.5) is 4.79 Å². The zero-order valence-corrected chi connectivity index (χ0v) is 15.2. The van der Waals surface area contributed by atoms with Crippen molar-refractivity contribution in [3.8, 4) is 5.75 Å². The van der Waals surface area contributed by atoms with Crippen molar-refractivity contribution < 1.29 is 14.6 Å². The van der Waals surface area contributed by atoms with E-state index in [4.69, 9.17) is 4.74 Å². The van der Waals surface area contributed by atoms with Crippen molar-refractivity contribution in [2.45, 2.75) is 31.9 Å². The Morgan fingerprint density at radius 3 is 2.56 bits per heavy atom. The zero-order chi connectivity index (χ0) is 17.8. The number of para-hydroxylation sites is 1. The molecule has 0 saturated carbocycles. The summed E-state index contributed by atoms with van der Waals surface area (Å²) in [6.45, 7) is 6.43. The Hall–Kier alpha value is -1.79. The fourth-order valence-corrected chi connectivity index (χ4v) is 3.68. The Balaban J connectivity index is 1.40. The number of β-amino-alcohol motifs (C(OH)–C–C–N with tert-alkyl or cyclic N) is 1. The van der Waals surface area contributed by atoms with E-state index < -0.39 is 6.10 Å². The van der Waals surface area contributed by atoms with Crippen LogP contribution < -0.4 is 4.74 Å². The average Bonchev–Trinajstić information content (AvgIpc) is 2.94. The van der Waals surface area contributed by atoms with Gasteiger partial charge in [-0.2, -0.15) is 0 Å². The number of likely N-dealkylation sites (tertiary alicyclic amines) is 1. The number of rotatable bonds is 6. The second-order valence-corrected chi connectivity index (χ2v) is 7.16. The largest absolute Gasteiger partial charge is 0.491 e. The first-order valence-electron chi connectivity index (χ1n) is 9.15. The quantitative estimate of drug-likeness (QED) is 0.849. The summed E-state index contributed by atoms with van der Waals surface area (Å²) in [4.78, 5) is 18.2. The highest BCUT2D eigenvalue weighted by molar-refractivity contribution is 5.76. The number of piperidine rings is 1. The van der Waals surface area contributed by atoms with Crippen LogP contribution in [0.25, 0.3) is 0 Å². The number of ether oxygens (including phenoxy) is 1. The van der Waals surface area contributed by atoms with Gasteiger partial charge in [-0.3, -0.25) is 0 Å². The standard InChI is InChI=1S/C19H29N3O3/c1-15-5-3-4-6-18(15)25-14-17(23)13-21-9-7-16(8-10-21)22-12-11-20(2)19(22)24/h3-6,16-17,23H,7-14H2,1-2H3. The summed E-state index contributed by atoms with van der Waals surface area (Å²) in [7, 11) is 1.86. The van der Waals surface area contributed by atoms with Gasteiger partial charge < -0.3 is 24.5 Å².